The average Bonchev–Trinajstić information content (AvgIpc) is 2.74. The van der Waals surface area contributed by atoms with E-state index in [1.807, 2.05) is 12.4 Å². The molecule has 116 valence electrons. The van der Waals surface area contributed by atoms with E-state index in [1.165, 1.54) is 37.7 Å². The molecule has 3 atom stereocenters. The van der Waals surface area contributed by atoms with Crippen LogP contribution in [0, 0.1) is 5.92 Å². The molecule has 2 aliphatic rings. The molecular formula is C18H29N3. The lowest BCUT2D eigenvalue weighted by Gasteiger charge is -2.40. The van der Waals surface area contributed by atoms with E-state index < -0.39 is 0 Å². The summed E-state index contributed by atoms with van der Waals surface area (Å²) in [7, 11) is 2.33. The van der Waals surface area contributed by atoms with E-state index in [2.05, 4.69) is 41.3 Å². The highest BCUT2D eigenvalue weighted by molar-refractivity contribution is 5.12. The van der Waals surface area contributed by atoms with Gasteiger partial charge in [-0.15, -0.1) is 0 Å². The second kappa shape index (κ2) is 6.89. The average molecular weight is 287 g/mol. The van der Waals surface area contributed by atoms with Gasteiger partial charge in [0.05, 0.1) is 0 Å². The van der Waals surface area contributed by atoms with Gasteiger partial charge in [0, 0.05) is 30.5 Å². The Kier molecular flexibility index (Phi) is 4.91. The van der Waals surface area contributed by atoms with E-state index in [9.17, 15) is 0 Å². The number of pyridine rings is 1. The predicted molar refractivity (Wildman–Crippen MR) is 87.3 cm³/mol. The lowest BCUT2D eigenvalue weighted by atomic mass is 9.82. The lowest BCUT2D eigenvalue weighted by molar-refractivity contribution is 0.112. The molecule has 3 nitrogen and oxygen atoms in total. The quantitative estimate of drug-likeness (QED) is 0.872. The van der Waals surface area contributed by atoms with Gasteiger partial charge in [0.15, 0.2) is 0 Å². The molecule has 2 bridgehead atoms. The summed E-state index contributed by atoms with van der Waals surface area (Å²) in [6, 6.07) is 6.63. The maximum absolute atomic E-state index is 4.14. The monoisotopic (exact) mass is 287 g/mol. The van der Waals surface area contributed by atoms with Crippen molar-refractivity contribution in [3.63, 3.8) is 0 Å². The molecular weight excluding hydrogens is 258 g/mol. The van der Waals surface area contributed by atoms with Gasteiger partial charge in [-0.3, -0.25) is 4.98 Å². The van der Waals surface area contributed by atoms with Crippen molar-refractivity contribution >= 4 is 0 Å². The molecule has 1 aromatic rings. The largest absolute Gasteiger partial charge is 0.313 e. The number of piperidine rings is 1. The van der Waals surface area contributed by atoms with Crippen LogP contribution in [0.1, 0.15) is 44.6 Å². The van der Waals surface area contributed by atoms with Crippen LogP contribution in [0.4, 0.5) is 0 Å². The van der Waals surface area contributed by atoms with Crippen molar-refractivity contribution in [1.82, 2.24) is 15.2 Å². The number of aromatic nitrogens is 1. The molecule has 0 aliphatic carbocycles. The first-order valence-corrected chi connectivity index (χ1v) is 8.62. The molecule has 3 heterocycles. The van der Waals surface area contributed by atoms with Crippen LogP contribution in [0.3, 0.4) is 0 Å². The van der Waals surface area contributed by atoms with Gasteiger partial charge in [0.1, 0.15) is 0 Å². The van der Waals surface area contributed by atoms with E-state index in [-0.39, 0.29) is 0 Å². The van der Waals surface area contributed by atoms with Gasteiger partial charge in [-0.25, -0.2) is 0 Å². The Hall–Kier alpha value is -0.930. The summed E-state index contributed by atoms with van der Waals surface area (Å²) in [6.45, 7) is 3.40. The van der Waals surface area contributed by atoms with Crippen LogP contribution in [0.15, 0.2) is 24.5 Å². The molecule has 0 spiro atoms. The smallest absolute Gasteiger partial charge is 0.0270 e. The number of nitrogens with one attached hydrogen (secondary N) is 1. The molecule has 3 unspecified atom stereocenters. The SMILES string of the molecule is CCCNC(Cc1ccncc1)C1CC2CCC(C1)N2C. The fourth-order valence-electron chi connectivity index (χ4n) is 4.29. The molecule has 0 amide bonds. The Morgan fingerprint density at radius 2 is 1.90 bits per heavy atom. The van der Waals surface area contributed by atoms with Crippen molar-refractivity contribution in [2.75, 3.05) is 13.6 Å². The highest BCUT2D eigenvalue weighted by atomic mass is 15.2. The van der Waals surface area contributed by atoms with Crippen molar-refractivity contribution < 1.29 is 0 Å². The Morgan fingerprint density at radius 3 is 2.52 bits per heavy atom. The molecule has 2 aliphatic heterocycles. The minimum atomic E-state index is 0.629. The second-order valence-electron chi connectivity index (χ2n) is 6.90. The number of hydrogen-bond donors (Lipinski definition) is 1. The van der Waals surface area contributed by atoms with E-state index in [0.29, 0.717) is 6.04 Å². The van der Waals surface area contributed by atoms with E-state index >= 15 is 0 Å². The maximum atomic E-state index is 4.14. The molecule has 2 saturated heterocycles. The third kappa shape index (κ3) is 3.46. The maximum Gasteiger partial charge on any atom is 0.0270 e. The molecule has 21 heavy (non-hydrogen) atoms. The Morgan fingerprint density at radius 1 is 1.24 bits per heavy atom. The normalized spacial score (nSPS) is 30.5. The third-order valence-corrected chi connectivity index (χ3v) is 5.57. The first kappa shape index (κ1) is 15.0. The van der Waals surface area contributed by atoms with Crippen LogP contribution in [0.25, 0.3) is 0 Å². The zero-order valence-corrected chi connectivity index (χ0v) is 13.5. The Balaban J connectivity index is 1.67. The minimum absolute atomic E-state index is 0.629. The van der Waals surface area contributed by atoms with E-state index in [4.69, 9.17) is 0 Å². The fraction of sp³-hybridized carbons (Fsp3) is 0.722. The van der Waals surface area contributed by atoms with Crippen LogP contribution in [-0.4, -0.2) is 41.6 Å². The molecule has 1 N–H and O–H groups in total. The van der Waals surface area contributed by atoms with Crippen LogP contribution in [0.2, 0.25) is 0 Å². The van der Waals surface area contributed by atoms with Crippen molar-refractivity contribution in [2.45, 2.75) is 63.6 Å². The topological polar surface area (TPSA) is 28.2 Å². The summed E-state index contributed by atoms with van der Waals surface area (Å²) >= 11 is 0. The lowest BCUT2D eigenvalue weighted by Crippen LogP contribution is -2.48. The first-order valence-electron chi connectivity index (χ1n) is 8.62. The number of fused-ring (bicyclic) bond motifs is 2. The molecule has 2 fully saturated rings. The van der Waals surface area contributed by atoms with Crippen molar-refractivity contribution in [3.8, 4) is 0 Å². The van der Waals surface area contributed by atoms with Gasteiger partial charge in [-0.05, 0) is 75.7 Å². The summed E-state index contributed by atoms with van der Waals surface area (Å²) in [4.78, 5) is 6.78. The van der Waals surface area contributed by atoms with Gasteiger partial charge in [0.25, 0.3) is 0 Å². The number of rotatable bonds is 6. The summed E-state index contributed by atoms with van der Waals surface area (Å²) in [5.41, 5.74) is 1.42. The Bertz CT molecular complexity index is 419. The first-order chi connectivity index (χ1) is 10.3. The molecule has 3 heteroatoms. The van der Waals surface area contributed by atoms with E-state index in [1.54, 1.807) is 0 Å². The van der Waals surface area contributed by atoms with Crippen LogP contribution in [-0.2, 0) is 6.42 Å². The molecule has 0 radical (unpaired) electrons. The summed E-state index contributed by atoms with van der Waals surface area (Å²) in [6.07, 6.45) is 11.8. The van der Waals surface area contributed by atoms with Crippen LogP contribution < -0.4 is 5.32 Å². The van der Waals surface area contributed by atoms with Gasteiger partial charge < -0.3 is 10.2 Å². The predicted octanol–water partition coefficient (Wildman–Crippen LogP) is 2.87. The fourth-order valence-corrected chi connectivity index (χ4v) is 4.29. The molecule has 3 rings (SSSR count). The highest BCUT2D eigenvalue weighted by Crippen LogP contribution is 2.39. The van der Waals surface area contributed by atoms with Crippen LogP contribution >= 0.6 is 0 Å². The highest BCUT2D eigenvalue weighted by Gasteiger charge is 2.40. The van der Waals surface area contributed by atoms with Crippen molar-refractivity contribution in [3.05, 3.63) is 30.1 Å². The summed E-state index contributed by atoms with van der Waals surface area (Å²) < 4.78 is 0. The van der Waals surface area contributed by atoms with Gasteiger partial charge in [-0.1, -0.05) is 6.92 Å². The number of nitrogens with zero attached hydrogens (tertiary/aromatic N) is 2. The third-order valence-electron chi connectivity index (χ3n) is 5.57. The zero-order chi connectivity index (χ0) is 14.7. The van der Waals surface area contributed by atoms with Crippen molar-refractivity contribution in [2.24, 2.45) is 5.92 Å². The zero-order valence-electron chi connectivity index (χ0n) is 13.5. The minimum Gasteiger partial charge on any atom is -0.313 e. The van der Waals surface area contributed by atoms with Gasteiger partial charge >= 0.3 is 0 Å². The number of hydrogen-bond acceptors (Lipinski definition) is 3. The van der Waals surface area contributed by atoms with Crippen molar-refractivity contribution in [1.29, 1.82) is 0 Å². The summed E-state index contributed by atoms with van der Waals surface area (Å²) in [5, 5.41) is 3.83. The standard InChI is InChI=1S/C18H29N3/c1-3-8-20-18(11-14-6-9-19-10-7-14)15-12-16-4-5-17(13-15)21(16)2/h6-7,9-10,15-18,20H,3-5,8,11-13H2,1-2H3. The molecule has 0 aromatic carbocycles. The molecule has 1 aromatic heterocycles. The second-order valence-corrected chi connectivity index (χ2v) is 6.90. The van der Waals surface area contributed by atoms with Gasteiger partial charge in [0.2, 0.25) is 0 Å². The van der Waals surface area contributed by atoms with E-state index in [0.717, 1.165) is 31.0 Å². The van der Waals surface area contributed by atoms with Gasteiger partial charge in [-0.2, -0.15) is 0 Å². The van der Waals surface area contributed by atoms with Crippen LogP contribution in [0.5, 0.6) is 0 Å². The molecule has 0 saturated carbocycles. The Labute approximate surface area is 129 Å². The summed E-state index contributed by atoms with van der Waals surface area (Å²) in [5.74, 6) is 0.832.